The van der Waals surface area contributed by atoms with Crippen LogP contribution in [0.4, 0.5) is 10.1 Å². The van der Waals surface area contributed by atoms with E-state index in [2.05, 4.69) is 35.3 Å². The zero-order valence-corrected chi connectivity index (χ0v) is 21.5. The number of halogens is 1. The summed E-state index contributed by atoms with van der Waals surface area (Å²) in [5, 5.41) is 10.1. The topological polar surface area (TPSA) is 142 Å². The normalized spacial score (nSPS) is 13.9. The summed E-state index contributed by atoms with van der Waals surface area (Å²) in [6.07, 6.45) is 1.73. The summed E-state index contributed by atoms with van der Waals surface area (Å²) >= 11 is 0. The molecule has 2 aromatic carbocycles. The van der Waals surface area contributed by atoms with Gasteiger partial charge in [-0.2, -0.15) is 5.10 Å². The van der Waals surface area contributed by atoms with Crippen LogP contribution in [0.1, 0.15) is 6.42 Å². The van der Waals surface area contributed by atoms with Gasteiger partial charge in [0.05, 0.1) is 25.4 Å². The number of carbonyl (C=O) groups is 2. The van der Waals surface area contributed by atoms with Gasteiger partial charge in [-0.1, -0.05) is 18.2 Å². The van der Waals surface area contributed by atoms with Gasteiger partial charge in [-0.05, 0) is 24.3 Å². The maximum Gasteiger partial charge on any atom is 0.234 e. The maximum absolute atomic E-state index is 14.6. The lowest BCUT2D eigenvalue weighted by atomic mass is 10.1. The van der Waals surface area contributed by atoms with Gasteiger partial charge in [-0.3, -0.25) is 19.6 Å². The number of H-pyrrole nitrogens is 1. The third-order valence-corrected chi connectivity index (χ3v) is 6.66. The lowest BCUT2D eigenvalue weighted by Crippen LogP contribution is -2.49. The van der Waals surface area contributed by atoms with Crippen LogP contribution in [-0.4, -0.2) is 83.3 Å². The molecule has 1 saturated heterocycles. The zero-order valence-electron chi connectivity index (χ0n) is 21.5. The maximum atomic E-state index is 14.6. The Morgan fingerprint density at radius 1 is 1.13 bits per heavy atom. The second kappa shape index (κ2) is 11.4. The Balaban J connectivity index is 1.26. The number of rotatable bonds is 9. The van der Waals surface area contributed by atoms with Gasteiger partial charge in [0.25, 0.3) is 0 Å². The molecule has 12 heteroatoms. The highest BCUT2D eigenvalue weighted by molar-refractivity contribution is 5.90. The summed E-state index contributed by atoms with van der Waals surface area (Å²) in [6.45, 7) is 3.60. The van der Waals surface area contributed by atoms with Crippen LogP contribution in [0.25, 0.3) is 33.7 Å². The molecule has 1 aliphatic rings. The number of fused-ring (bicyclic) bond motifs is 1. The number of aromatic amines is 1. The second-order valence-electron chi connectivity index (χ2n) is 9.22. The van der Waals surface area contributed by atoms with Gasteiger partial charge in [0.2, 0.25) is 11.8 Å². The first-order valence-electron chi connectivity index (χ1n) is 12.6. The van der Waals surface area contributed by atoms with E-state index in [-0.39, 0.29) is 30.3 Å². The molecule has 5 rings (SSSR count). The summed E-state index contributed by atoms with van der Waals surface area (Å²) in [6, 6.07) is 12.6. The highest BCUT2D eigenvalue weighted by atomic mass is 19.1. The quantitative estimate of drug-likeness (QED) is 0.297. The van der Waals surface area contributed by atoms with Gasteiger partial charge in [0.15, 0.2) is 5.82 Å². The Kier molecular flexibility index (Phi) is 7.64. The number of hydrogen-bond donors (Lipinski definition) is 3. The van der Waals surface area contributed by atoms with Crippen LogP contribution in [0.15, 0.2) is 48.7 Å². The minimum atomic E-state index is -0.466. The predicted octanol–water partition coefficient (Wildman–Crippen LogP) is 1.95. The zero-order chi connectivity index (χ0) is 27.4. The van der Waals surface area contributed by atoms with E-state index in [1.165, 1.54) is 13.2 Å². The number of nitrogens with two attached hydrogens (primary N) is 1. The highest BCUT2D eigenvalue weighted by Crippen LogP contribution is 2.33. The molecule has 0 atom stereocenters. The van der Waals surface area contributed by atoms with E-state index in [1.54, 1.807) is 18.3 Å². The number of piperazine rings is 1. The number of benzene rings is 2. The Bertz CT molecular complexity index is 1480. The van der Waals surface area contributed by atoms with Crippen molar-refractivity contribution in [1.82, 2.24) is 30.4 Å². The van der Waals surface area contributed by atoms with E-state index in [0.717, 1.165) is 37.4 Å². The fourth-order valence-electron chi connectivity index (χ4n) is 4.60. The molecule has 202 valence electrons. The number of nitrogens with zero attached hydrogens (tertiary/aromatic N) is 5. The van der Waals surface area contributed by atoms with Gasteiger partial charge < -0.3 is 20.7 Å². The average molecular weight is 533 g/mol. The number of nitrogens with one attached hydrogen (secondary N) is 2. The Morgan fingerprint density at radius 2 is 1.90 bits per heavy atom. The van der Waals surface area contributed by atoms with Crippen molar-refractivity contribution in [3.8, 4) is 28.4 Å². The van der Waals surface area contributed by atoms with Gasteiger partial charge in [0.1, 0.15) is 28.3 Å². The summed E-state index contributed by atoms with van der Waals surface area (Å²) < 4.78 is 20.0. The van der Waals surface area contributed by atoms with E-state index >= 15 is 0 Å². The number of aromatic nitrogens is 4. The SMILES string of the molecule is COc1cccc(F)c1-c1ncc2[nH]nc(-c3ccc(N4CCN(CC(=O)NCCC(N)=O)CC4)cc3)c2n1. The number of primary amides is 1. The average Bonchev–Trinajstić information content (AvgIpc) is 3.36. The minimum Gasteiger partial charge on any atom is -0.496 e. The van der Waals surface area contributed by atoms with Gasteiger partial charge in [0, 0.05) is 50.4 Å². The molecule has 0 aliphatic carbocycles. The molecule has 1 aliphatic heterocycles. The minimum absolute atomic E-state index is 0.110. The molecule has 0 unspecified atom stereocenters. The van der Waals surface area contributed by atoms with Crippen molar-refractivity contribution in [2.75, 3.05) is 51.3 Å². The molecule has 2 amide bonds. The number of methoxy groups -OCH3 is 1. The van der Waals surface area contributed by atoms with Crippen molar-refractivity contribution >= 4 is 28.5 Å². The summed E-state index contributed by atoms with van der Waals surface area (Å²) in [4.78, 5) is 36.2. The molecule has 0 radical (unpaired) electrons. The first-order chi connectivity index (χ1) is 18.9. The van der Waals surface area contributed by atoms with Crippen LogP contribution in [0.3, 0.4) is 0 Å². The predicted molar refractivity (Wildman–Crippen MR) is 145 cm³/mol. The molecule has 11 nitrogen and oxygen atoms in total. The fraction of sp³-hybridized carbons (Fsp3) is 0.296. The van der Waals surface area contributed by atoms with Gasteiger partial charge >= 0.3 is 0 Å². The molecule has 0 spiro atoms. The lowest BCUT2D eigenvalue weighted by molar-refractivity contribution is -0.122. The number of anilines is 1. The van der Waals surface area contributed by atoms with Crippen molar-refractivity contribution in [3.05, 3.63) is 54.5 Å². The van der Waals surface area contributed by atoms with Crippen LogP contribution in [-0.2, 0) is 9.59 Å². The highest BCUT2D eigenvalue weighted by Gasteiger charge is 2.21. The van der Waals surface area contributed by atoms with Crippen molar-refractivity contribution in [2.45, 2.75) is 6.42 Å². The summed E-state index contributed by atoms with van der Waals surface area (Å²) in [7, 11) is 1.48. The molecular formula is C27H29FN8O3. The Labute approximate surface area is 224 Å². The van der Waals surface area contributed by atoms with E-state index < -0.39 is 11.7 Å². The van der Waals surface area contributed by atoms with E-state index in [0.29, 0.717) is 29.0 Å². The molecule has 39 heavy (non-hydrogen) atoms. The molecule has 2 aromatic heterocycles. The second-order valence-corrected chi connectivity index (χ2v) is 9.22. The standard InChI is InChI=1S/C27H29FN8O3/c1-39-21-4-2-3-19(28)24(21)27-31-15-20-26(32-27)25(34-33-20)17-5-7-18(8-6-17)36-13-11-35(12-14-36)16-23(38)30-10-9-22(29)37/h2-8,15H,9-14,16H2,1H3,(H2,29,37)(H,30,38)(H,33,34). The van der Waals surface area contributed by atoms with Crippen LogP contribution >= 0.6 is 0 Å². The Morgan fingerprint density at radius 3 is 2.62 bits per heavy atom. The van der Waals surface area contributed by atoms with Crippen molar-refractivity contribution < 1.29 is 18.7 Å². The first kappa shape index (κ1) is 26.0. The molecule has 0 saturated carbocycles. The number of ether oxygens (including phenoxy) is 1. The third kappa shape index (κ3) is 5.80. The number of amides is 2. The number of hydrogen-bond acceptors (Lipinski definition) is 8. The van der Waals surface area contributed by atoms with Crippen molar-refractivity contribution in [2.24, 2.45) is 5.73 Å². The third-order valence-electron chi connectivity index (χ3n) is 6.66. The fourth-order valence-corrected chi connectivity index (χ4v) is 4.60. The Hall–Kier alpha value is -4.58. The molecule has 0 bridgehead atoms. The van der Waals surface area contributed by atoms with Gasteiger partial charge in [-0.15, -0.1) is 0 Å². The van der Waals surface area contributed by atoms with Crippen LogP contribution in [0, 0.1) is 5.82 Å². The van der Waals surface area contributed by atoms with E-state index in [1.807, 2.05) is 24.3 Å². The number of carbonyl (C=O) groups excluding carboxylic acids is 2. The summed E-state index contributed by atoms with van der Waals surface area (Å²) in [5.41, 5.74) is 9.10. The molecule has 3 heterocycles. The summed E-state index contributed by atoms with van der Waals surface area (Å²) in [5.74, 6) is -0.437. The van der Waals surface area contributed by atoms with E-state index in [4.69, 9.17) is 10.5 Å². The van der Waals surface area contributed by atoms with Crippen molar-refractivity contribution in [1.29, 1.82) is 0 Å². The first-order valence-corrected chi connectivity index (χ1v) is 12.6. The van der Waals surface area contributed by atoms with Crippen LogP contribution in [0.5, 0.6) is 5.75 Å². The molecule has 4 N–H and O–H groups in total. The lowest BCUT2D eigenvalue weighted by Gasteiger charge is -2.35. The molecule has 4 aromatic rings. The smallest absolute Gasteiger partial charge is 0.234 e. The van der Waals surface area contributed by atoms with Crippen molar-refractivity contribution in [3.63, 3.8) is 0 Å². The van der Waals surface area contributed by atoms with E-state index in [9.17, 15) is 14.0 Å². The largest absolute Gasteiger partial charge is 0.496 e. The molecule has 1 fully saturated rings. The molecular weight excluding hydrogens is 503 g/mol. The van der Waals surface area contributed by atoms with Gasteiger partial charge in [-0.25, -0.2) is 14.4 Å². The van der Waals surface area contributed by atoms with Crippen LogP contribution in [0.2, 0.25) is 0 Å². The van der Waals surface area contributed by atoms with Crippen LogP contribution < -0.4 is 20.7 Å². The monoisotopic (exact) mass is 532 g/mol.